The minimum absolute atomic E-state index is 0.0375. The molecule has 0 aliphatic carbocycles. The summed E-state index contributed by atoms with van der Waals surface area (Å²) in [5.41, 5.74) is 2.28. The molecule has 0 spiro atoms. The van der Waals surface area contributed by atoms with Crippen LogP contribution in [0.3, 0.4) is 0 Å². The first-order valence-corrected chi connectivity index (χ1v) is 11.8. The quantitative estimate of drug-likeness (QED) is 0.520. The van der Waals surface area contributed by atoms with E-state index in [1.54, 1.807) is 36.5 Å². The maximum absolute atomic E-state index is 12.1. The number of aryl methyl sites for hydroxylation is 1. The first-order valence-electron chi connectivity index (χ1n) is 9.31. The average molecular weight is 443 g/mol. The first-order chi connectivity index (χ1) is 14.4. The molecule has 0 fully saturated rings. The molecule has 0 aliphatic heterocycles. The van der Waals surface area contributed by atoms with Gasteiger partial charge in [0.25, 0.3) is 0 Å². The number of ether oxygens (including phenoxy) is 1. The van der Waals surface area contributed by atoms with Gasteiger partial charge in [0.15, 0.2) is 9.84 Å². The lowest BCUT2D eigenvalue weighted by Crippen LogP contribution is -2.08. The number of anilines is 1. The van der Waals surface area contributed by atoms with E-state index in [2.05, 4.69) is 10.3 Å². The molecule has 156 valence electrons. The Morgan fingerprint density at radius 1 is 1.13 bits per heavy atom. The Kier molecular flexibility index (Phi) is 7.02. The normalized spacial score (nSPS) is 11.5. The summed E-state index contributed by atoms with van der Waals surface area (Å²) in [6.45, 7) is 3.97. The van der Waals surface area contributed by atoms with Crippen LogP contribution in [0.1, 0.15) is 23.2 Å². The number of nitrogens with one attached hydrogen (secondary N) is 1. The number of amides is 1. The fraction of sp³-hybridized carbons (Fsp3) is 0.182. The van der Waals surface area contributed by atoms with Crippen molar-refractivity contribution in [2.45, 2.75) is 25.3 Å². The Labute approximate surface area is 180 Å². The fourth-order valence-corrected chi connectivity index (χ4v) is 4.06. The van der Waals surface area contributed by atoms with Crippen molar-refractivity contribution in [1.29, 1.82) is 0 Å². The van der Waals surface area contributed by atoms with E-state index < -0.39 is 9.84 Å². The molecule has 6 nitrogen and oxygen atoms in total. The van der Waals surface area contributed by atoms with Gasteiger partial charge in [-0.05, 0) is 55.0 Å². The molecule has 0 atom stereocenters. The van der Waals surface area contributed by atoms with Crippen LogP contribution in [0, 0.1) is 6.92 Å². The minimum Gasteiger partial charge on any atom is -0.487 e. The van der Waals surface area contributed by atoms with Crippen molar-refractivity contribution in [3.05, 3.63) is 76.3 Å². The summed E-state index contributed by atoms with van der Waals surface area (Å²) in [7, 11) is -3.25. The molecule has 0 aliphatic rings. The second-order valence-corrected chi connectivity index (χ2v) is 9.81. The Morgan fingerprint density at radius 3 is 2.43 bits per heavy atom. The van der Waals surface area contributed by atoms with Crippen molar-refractivity contribution in [2.24, 2.45) is 0 Å². The van der Waals surface area contributed by atoms with E-state index in [1.807, 2.05) is 36.6 Å². The topological polar surface area (TPSA) is 85.4 Å². The SMILES string of the molecule is CCS(=O)(=O)c1ccc(NC(=O)/C=C/c2ccc(OCc3csc(C)n3)cc2)cc1. The highest BCUT2D eigenvalue weighted by Gasteiger charge is 2.11. The molecule has 1 N–H and O–H groups in total. The van der Waals surface area contributed by atoms with Gasteiger partial charge in [0.1, 0.15) is 12.4 Å². The number of carbonyl (C=O) groups excluding carboxylic acids is 1. The monoisotopic (exact) mass is 442 g/mol. The molecular weight excluding hydrogens is 420 g/mol. The molecule has 2 aromatic carbocycles. The van der Waals surface area contributed by atoms with Crippen LogP contribution in [0.15, 0.2) is 64.9 Å². The second-order valence-electron chi connectivity index (χ2n) is 6.47. The summed E-state index contributed by atoms with van der Waals surface area (Å²) in [6, 6.07) is 13.5. The summed E-state index contributed by atoms with van der Waals surface area (Å²) in [5, 5.41) is 5.69. The predicted octanol–water partition coefficient (Wildman–Crippen LogP) is 4.48. The molecule has 8 heteroatoms. The van der Waals surface area contributed by atoms with E-state index in [0.717, 1.165) is 22.0 Å². The summed E-state index contributed by atoms with van der Waals surface area (Å²) in [4.78, 5) is 16.7. The van der Waals surface area contributed by atoms with Crippen LogP contribution < -0.4 is 10.1 Å². The molecular formula is C22H22N2O4S2. The van der Waals surface area contributed by atoms with Gasteiger partial charge in [-0.15, -0.1) is 11.3 Å². The zero-order valence-electron chi connectivity index (χ0n) is 16.7. The molecule has 0 saturated heterocycles. The number of hydrogen-bond acceptors (Lipinski definition) is 6. The highest BCUT2D eigenvalue weighted by Crippen LogP contribution is 2.17. The number of hydrogen-bond donors (Lipinski definition) is 1. The van der Waals surface area contributed by atoms with Gasteiger partial charge in [0.2, 0.25) is 5.91 Å². The van der Waals surface area contributed by atoms with Gasteiger partial charge in [-0.3, -0.25) is 4.79 Å². The van der Waals surface area contributed by atoms with E-state index >= 15 is 0 Å². The highest BCUT2D eigenvalue weighted by molar-refractivity contribution is 7.91. The molecule has 3 rings (SSSR count). The number of rotatable bonds is 8. The smallest absolute Gasteiger partial charge is 0.248 e. The van der Waals surface area contributed by atoms with Crippen LogP contribution in [0.4, 0.5) is 5.69 Å². The maximum atomic E-state index is 12.1. The number of sulfone groups is 1. The van der Waals surface area contributed by atoms with Crippen LogP contribution in [0.5, 0.6) is 5.75 Å². The van der Waals surface area contributed by atoms with E-state index in [1.165, 1.54) is 18.2 Å². The van der Waals surface area contributed by atoms with Crippen molar-refractivity contribution >= 4 is 38.8 Å². The summed E-state index contributed by atoms with van der Waals surface area (Å²) in [5.74, 6) is 0.459. The molecule has 1 heterocycles. The third-order valence-electron chi connectivity index (χ3n) is 4.22. The molecule has 0 radical (unpaired) electrons. The predicted molar refractivity (Wildman–Crippen MR) is 119 cm³/mol. The zero-order chi connectivity index (χ0) is 21.6. The van der Waals surface area contributed by atoms with Crippen molar-refractivity contribution in [1.82, 2.24) is 4.98 Å². The van der Waals surface area contributed by atoms with Crippen molar-refractivity contribution in [3.8, 4) is 5.75 Å². The summed E-state index contributed by atoms with van der Waals surface area (Å²) >= 11 is 1.59. The largest absolute Gasteiger partial charge is 0.487 e. The Bertz CT molecular complexity index is 1130. The first kappa shape index (κ1) is 21.7. The minimum atomic E-state index is -3.25. The zero-order valence-corrected chi connectivity index (χ0v) is 18.3. The second kappa shape index (κ2) is 9.69. The van der Waals surface area contributed by atoms with Gasteiger partial charge in [-0.1, -0.05) is 19.1 Å². The number of carbonyl (C=O) groups is 1. The Hall–Kier alpha value is -2.97. The number of thiazole rings is 1. The van der Waals surface area contributed by atoms with E-state index in [0.29, 0.717) is 12.3 Å². The lowest BCUT2D eigenvalue weighted by atomic mass is 10.2. The molecule has 3 aromatic rings. The number of aromatic nitrogens is 1. The van der Waals surface area contributed by atoms with Crippen LogP contribution in [0.25, 0.3) is 6.08 Å². The molecule has 0 saturated carbocycles. The van der Waals surface area contributed by atoms with Crippen molar-refractivity contribution < 1.29 is 17.9 Å². The third-order valence-corrected chi connectivity index (χ3v) is 6.79. The molecule has 30 heavy (non-hydrogen) atoms. The van der Waals surface area contributed by atoms with Gasteiger partial charge in [-0.25, -0.2) is 13.4 Å². The number of benzene rings is 2. The van der Waals surface area contributed by atoms with Crippen LogP contribution in [-0.2, 0) is 21.2 Å². The standard InChI is InChI=1S/C22H22N2O4S2/c1-3-30(26,27)21-11-7-18(8-12-21)24-22(25)13-6-17-4-9-20(10-5-17)28-14-19-15-29-16(2)23-19/h4-13,15H,3,14H2,1-2H3,(H,24,25)/b13-6+. The summed E-state index contributed by atoms with van der Waals surface area (Å²) in [6.07, 6.45) is 3.11. The molecule has 0 unspecified atom stereocenters. The van der Waals surface area contributed by atoms with Crippen LogP contribution in [-0.4, -0.2) is 25.1 Å². The van der Waals surface area contributed by atoms with Gasteiger partial charge >= 0.3 is 0 Å². The highest BCUT2D eigenvalue weighted by atomic mass is 32.2. The van der Waals surface area contributed by atoms with E-state index in [9.17, 15) is 13.2 Å². The van der Waals surface area contributed by atoms with Gasteiger partial charge in [-0.2, -0.15) is 0 Å². The van der Waals surface area contributed by atoms with Gasteiger partial charge in [0, 0.05) is 17.1 Å². The van der Waals surface area contributed by atoms with Crippen LogP contribution >= 0.6 is 11.3 Å². The van der Waals surface area contributed by atoms with Gasteiger partial charge in [0.05, 0.1) is 21.3 Å². The van der Waals surface area contributed by atoms with E-state index in [4.69, 9.17) is 4.74 Å². The molecule has 1 aromatic heterocycles. The third kappa shape index (κ3) is 6.01. The van der Waals surface area contributed by atoms with E-state index in [-0.39, 0.29) is 16.6 Å². The lowest BCUT2D eigenvalue weighted by Gasteiger charge is -2.05. The fourth-order valence-electron chi connectivity index (χ4n) is 2.58. The Morgan fingerprint density at radius 2 is 1.83 bits per heavy atom. The number of nitrogens with zero attached hydrogens (tertiary/aromatic N) is 1. The Balaban J connectivity index is 1.53. The van der Waals surface area contributed by atoms with Gasteiger partial charge < -0.3 is 10.1 Å². The molecule has 0 bridgehead atoms. The molecule has 1 amide bonds. The van der Waals surface area contributed by atoms with Crippen molar-refractivity contribution in [2.75, 3.05) is 11.1 Å². The average Bonchev–Trinajstić information content (AvgIpc) is 3.17. The van der Waals surface area contributed by atoms with Crippen molar-refractivity contribution in [3.63, 3.8) is 0 Å². The summed E-state index contributed by atoms with van der Waals surface area (Å²) < 4.78 is 29.3. The lowest BCUT2D eigenvalue weighted by molar-refractivity contribution is -0.111. The van der Waals surface area contributed by atoms with Crippen LogP contribution in [0.2, 0.25) is 0 Å². The maximum Gasteiger partial charge on any atom is 0.248 e.